The molecular weight excluding hydrogens is 158 g/mol. The van der Waals surface area contributed by atoms with Crippen LogP contribution in [-0.2, 0) is 0 Å². The summed E-state index contributed by atoms with van der Waals surface area (Å²) in [6.45, 7) is 3.73. The maximum atomic E-state index is 3.69. The molecule has 0 aromatic heterocycles. The van der Waals surface area contributed by atoms with Crippen molar-refractivity contribution in [2.24, 2.45) is 17.3 Å². The largest absolute Gasteiger partial charge is 0.314 e. The average molecular weight is 179 g/mol. The van der Waals surface area contributed by atoms with Gasteiger partial charge in [-0.1, -0.05) is 6.92 Å². The van der Waals surface area contributed by atoms with Crippen molar-refractivity contribution in [2.45, 2.75) is 51.5 Å². The summed E-state index contributed by atoms with van der Waals surface area (Å²) >= 11 is 0. The number of hydrogen-bond donors (Lipinski definition) is 1. The minimum Gasteiger partial charge on any atom is -0.314 e. The molecule has 0 amide bonds. The van der Waals surface area contributed by atoms with Crippen LogP contribution in [0.1, 0.15) is 45.4 Å². The third-order valence-corrected chi connectivity index (χ3v) is 4.56. The Morgan fingerprint density at radius 1 is 1.23 bits per heavy atom. The van der Waals surface area contributed by atoms with Crippen molar-refractivity contribution in [1.82, 2.24) is 5.32 Å². The van der Waals surface area contributed by atoms with Crippen LogP contribution >= 0.6 is 0 Å². The Balaban J connectivity index is 1.50. The molecule has 0 bridgehead atoms. The molecule has 3 fully saturated rings. The van der Waals surface area contributed by atoms with Gasteiger partial charge in [-0.05, 0) is 62.3 Å². The second-order valence-electron chi connectivity index (χ2n) is 5.44. The van der Waals surface area contributed by atoms with Gasteiger partial charge in [0.25, 0.3) is 0 Å². The highest BCUT2D eigenvalue weighted by Crippen LogP contribution is 2.67. The number of rotatable bonds is 5. The molecule has 13 heavy (non-hydrogen) atoms. The fourth-order valence-electron chi connectivity index (χ4n) is 3.15. The SMILES string of the molecule is CCC1(C2CC2)CC1CNC1CC1. The molecule has 3 rings (SSSR count). The summed E-state index contributed by atoms with van der Waals surface area (Å²) in [5.41, 5.74) is 0.821. The summed E-state index contributed by atoms with van der Waals surface area (Å²) in [6.07, 6.45) is 8.93. The van der Waals surface area contributed by atoms with Crippen molar-refractivity contribution in [3.8, 4) is 0 Å². The van der Waals surface area contributed by atoms with Crippen molar-refractivity contribution in [1.29, 1.82) is 0 Å². The van der Waals surface area contributed by atoms with Gasteiger partial charge in [-0.25, -0.2) is 0 Å². The van der Waals surface area contributed by atoms with Gasteiger partial charge in [-0.15, -0.1) is 0 Å². The Bertz CT molecular complexity index is 205. The van der Waals surface area contributed by atoms with Crippen LogP contribution in [0.25, 0.3) is 0 Å². The van der Waals surface area contributed by atoms with E-state index in [9.17, 15) is 0 Å². The van der Waals surface area contributed by atoms with Gasteiger partial charge in [-0.3, -0.25) is 0 Å². The molecule has 0 aromatic carbocycles. The lowest BCUT2D eigenvalue weighted by Crippen LogP contribution is -2.22. The Hall–Kier alpha value is -0.0400. The highest BCUT2D eigenvalue weighted by molar-refractivity contribution is 5.10. The van der Waals surface area contributed by atoms with Crippen LogP contribution in [0.5, 0.6) is 0 Å². The molecule has 1 N–H and O–H groups in total. The maximum Gasteiger partial charge on any atom is 0.00683 e. The smallest absolute Gasteiger partial charge is 0.00683 e. The minimum atomic E-state index is 0.821. The van der Waals surface area contributed by atoms with Crippen LogP contribution in [-0.4, -0.2) is 12.6 Å². The van der Waals surface area contributed by atoms with Crippen LogP contribution in [0.15, 0.2) is 0 Å². The first kappa shape index (κ1) is 8.28. The third-order valence-electron chi connectivity index (χ3n) is 4.56. The van der Waals surface area contributed by atoms with Gasteiger partial charge in [0.05, 0.1) is 0 Å². The fourth-order valence-corrected chi connectivity index (χ4v) is 3.15. The van der Waals surface area contributed by atoms with Crippen molar-refractivity contribution in [3.05, 3.63) is 0 Å². The molecule has 0 radical (unpaired) electrons. The van der Waals surface area contributed by atoms with Crippen LogP contribution in [0.2, 0.25) is 0 Å². The zero-order valence-electron chi connectivity index (χ0n) is 8.68. The molecule has 0 aliphatic heterocycles. The second kappa shape index (κ2) is 2.73. The van der Waals surface area contributed by atoms with Gasteiger partial charge < -0.3 is 5.32 Å². The lowest BCUT2D eigenvalue weighted by molar-refractivity contribution is 0.370. The predicted molar refractivity (Wildman–Crippen MR) is 54.6 cm³/mol. The molecule has 1 nitrogen and oxygen atoms in total. The molecule has 2 unspecified atom stereocenters. The monoisotopic (exact) mass is 179 g/mol. The summed E-state index contributed by atoms with van der Waals surface area (Å²) in [6, 6.07) is 0.911. The van der Waals surface area contributed by atoms with E-state index in [0.29, 0.717) is 0 Å². The van der Waals surface area contributed by atoms with Gasteiger partial charge in [-0.2, -0.15) is 0 Å². The van der Waals surface area contributed by atoms with E-state index in [4.69, 9.17) is 0 Å². The predicted octanol–water partition coefficient (Wildman–Crippen LogP) is 2.56. The highest BCUT2D eigenvalue weighted by Gasteiger charge is 2.60. The first-order valence-corrected chi connectivity index (χ1v) is 6.08. The van der Waals surface area contributed by atoms with E-state index < -0.39 is 0 Å². The zero-order chi connectivity index (χ0) is 8.89. The third kappa shape index (κ3) is 1.41. The molecule has 1 heteroatoms. The Morgan fingerprint density at radius 2 is 2.00 bits per heavy atom. The topological polar surface area (TPSA) is 12.0 Å². The molecule has 74 valence electrons. The maximum absolute atomic E-state index is 3.69. The van der Waals surface area contributed by atoms with E-state index in [-0.39, 0.29) is 0 Å². The fraction of sp³-hybridized carbons (Fsp3) is 1.00. The van der Waals surface area contributed by atoms with Gasteiger partial charge >= 0.3 is 0 Å². The molecule has 3 aliphatic carbocycles. The standard InChI is InChI=1S/C12H21N/c1-2-12(9-3-4-9)7-10(12)8-13-11-5-6-11/h9-11,13H,2-8H2,1H3. The van der Waals surface area contributed by atoms with Gasteiger partial charge in [0.1, 0.15) is 0 Å². The second-order valence-corrected chi connectivity index (χ2v) is 5.44. The van der Waals surface area contributed by atoms with Gasteiger partial charge in [0.15, 0.2) is 0 Å². The zero-order valence-corrected chi connectivity index (χ0v) is 8.68. The quantitative estimate of drug-likeness (QED) is 0.684. The molecule has 0 heterocycles. The van der Waals surface area contributed by atoms with Crippen molar-refractivity contribution in [3.63, 3.8) is 0 Å². The lowest BCUT2D eigenvalue weighted by atomic mass is 9.94. The van der Waals surface area contributed by atoms with Crippen molar-refractivity contribution >= 4 is 0 Å². The molecule has 3 saturated carbocycles. The average Bonchev–Trinajstić information content (AvgIpc) is 2.99. The van der Waals surface area contributed by atoms with E-state index in [2.05, 4.69) is 12.2 Å². The van der Waals surface area contributed by atoms with E-state index >= 15 is 0 Å². The van der Waals surface area contributed by atoms with Crippen LogP contribution in [0.3, 0.4) is 0 Å². The van der Waals surface area contributed by atoms with E-state index in [1.807, 2.05) is 0 Å². The van der Waals surface area contributed by atoms with E-state index in [0.717, 1.165) is 23.3 Å². The summed E-state index contributed by atoms with van der Waals surface area (Å²) in [7, 11) is 0. The van der Waals surface area contributed by atoms with E-state index in [1.165, 1.54) is 45.1 Å². The van der Waals surface area contributed by atoms with Crippen LogP contribution < -0.4 is 5.32 Å². The highest BCUT2D eigenvalue weighted by atomic mass is 15.0. The van der Waals surface area contributed by atoms with Crippen LogP contribution in [0, 0.1) is 17.3 Å². The number of nitrogens with one attached hydrogen (secondary N) is 1. The van der Waals surface area contributed by atoms with Crippen molar-refractivity contribution in [2.75, 3.05) is 6.54 Å². The number of hydrogen-bond acceptors (Lipinski definition) is 1. The molecule has 0 saturated heterocycles. The Labute approximate surface area is 81.3 Å². The lowest BCUT2D eigenvalue weighted by Gasteiger charge is -2.13. The molecule has 2 atom stereocenters. The molecular formula is C12H21N. The first-order valence-electron chi connectivity index (χ1n) is 6.08. The molecule has 0 aromatic rings. The Kier molecular flexibility index (Phi) is 1.74. The molecule has 3 aliphatic rings. The Morgan fingerprint density at radius 3 is 2.54 bits per heavy atom. The minimum absolute atomic E-state index is 0.821. The van der Waals surface area contributed by atoms with Crippen LogP contribution in [0.4, 0.5) is 0 Å². The summed E-state index contributed by atoms with van der Waals surface area (Å²) < 4.78 is 0. The summed E-state index contributed by atoms with van der Waals surface area (Å²) in [5.74, 6) is 2.18. The van der Waals surface area contributed by atoms with Crippen molar-refractivity contribution < 1.29 is 0 Å². The van der Waals surface area contributed by atoms with Gasteiger partial charge in [0.2, 0.25) is 0 Å². The molecule has 0 spiro atoms. The van der Waals surface area contributed by atoms with Gasteiger partial charge in [0, 0.05) is 6.04 Å². The van der Waals surface area contributed by atoms with E-state index in [1.54, 1.807) is 0 Å². The first-order chi connectivity index (χ1) is 6.35. The normalized spacial score (nSPS) is 43.6. The summed E-state index contributed by atoms with van der Waals surface area (Å²) in [4.78, 5) is 0. The summed E-state index contributed by atoms with van der Waals surface area (Å²) in [5, 5.41) is 3.69.